The van der Waals surface area contributed by atoms with Gasteiger partial charge < -0.3 is 4.57 Å². The van der Waals surface area contributed by atoms with Crippen molar-refractivity contribution in [3.8, 4) is 27.9 Å². The standard InChI is InChI=1S/C42H29N/c1-2-14-31(15-3-1)43-41-23-9-8-20-38(41)39-22-11-21-32(42(39)43)30-13-10-12-28(26-30)29-24-25-37-35-18-5-4-16-33(35)34-17-6-7-19-36(34)40(37)27-29/h1-5,7-16,18-27H,6,17H2. The number of aryl methyl sites for hydroxylation is 1. The lowest BCUT2D eigenvalue weighted by Crippen LogP contribution is -1.98. The molecule has 0 N–H and O–H groups in total. The smallest absolute Gasteiger partial charge is 0.0619 e. The van der Waals surface area contributed by atoms with E-state index in [1.165, 1.54) is 82.4 Å². The van der Waals surface area contributed by atoms with Gasteiger partial charge in [0.1, 0.15) is 0 Å². The van der Waals surface area contributed by atoms with Gasteiger partial charge in [0.15, 0.2) is 0 Å². The van der Waals surface area contributed by atoms with E-state index in [-0.39, 0.29) is 0 Å². The van der Waals surface area contributed by atoms with Gasteiger partial charge in [0, 0.05) is 22.0 Å². The second-order valence-electron chi connectivity index (χ2n) is 11.6. The fourth-order valence-corrected chi connectivity index (χ4v) is 7.32. The monoisotopic (exact) mass is 547 g/mol. The van der Waals surface area contributed by atoms with Crippen LogP contribution in [-0.4, -0.2) is 4.57 Å². The highest BCUT2D eigenvalue weighted by molar-refractivity contribution is 6.15. The lowest BCUT2D eigenvalue weighted by molar-refractivity contribution is 1.00. The van der Waals surface area contributed by atoms with Crippen molar-refractivity contribution >= 4 is 49.4 Å². The summed E-state index contributed by atoms with van der Waals surface area (Å²) in [5.74, 6) is 0. The van der Waals surface area contributed by atoms with Gasteiger partial charge in [-0.25, -0.2) is 0 Å². The van der Waals surface area contributed by atoms with Crippen molar-refractivity contribution in [3.05, 3.63) is 157 Å². The second kappa shape index (κ2) is 9.58. The average Bonchev–Trinajstić information content (AvgIpc) is 3.43. The summed E-state index contributed by atoms with van der Waals surface area (Å²) in [4.78, 5) is 0. The first-order chi connectivity index (χ1) is 21.3. The van der Waals surface area contributed by atoms with Gasteiger partial charge in [-0.3, -0.25) is 0 Å². The Morgan fingerprint density at radius 1 is 0.465 bits per heavy atom. The molecular formula is C42H29N. The normalized spacial score (nSPS) is 12.8. The third kappa shape index (κ3) is 3.72. The Morgan fingerprint density at radius 2 is 1.16 bits per heavy atom. The molecule has 8 aromatic rings. The predicted molar refractivity (Wildman–Crippen MR) is 184 cm³/mol. The van der Waals surface area contributed by atoms with E-state index >= 15 is 0 Å². The zero-order valence-corrected chi connectivity index (χ0v) is 23.8. The van der Waals surface area contributed by atoms with Crippen LogP contribution in [0.25, 0.3) is 77.4 Å². The molecule has 0 unspecified atom stereocenters. The molecular weight excluding hydrogens is 518 g/mol. The number of aromatic nitrogens is 1. The van der Waals surface area contributed by atoms with E-state index in [1.54, 1.807) is 0 Å². The molecule has 0 spiro atoms. The Hall–Kier alpha value is -5.40. The molecule has 0 radical (unpaired) electrons. The Bertz CT molecular complexity index is 2390. The highest BCUT2D eigenvalue weighted by Crippen LogP contribution is 2.41. The lowest BCUT2D eigenvalue weighted by atomic mass is 9.85. The summed E-state index contributed by atoms with van der Waals surface area (Å²) in [5, 5.41) is 7.98. The van der Waals surface area contributed by atoms with Crippen LogP contribution in [0, 0.1) is 0 Å². The lowest BCUT2D eigenvalue weighted by Gasteiger charge is -2.18. The number of allylic oxidation sites excluding steroid dienone is 1. The van der Waals surface area contributed by atoms with E-state index < -0.39 is 0 Å². The molecule has 9 rings (SSSR count). The molecule has 202 valence electrons. The van der Waals surface area contributed by atoms with Gasteiger partial charge in [-0.05, 0) is 92.5 Å². The molecule has 0 saturated carbocycles. The first-order valence-electron chi connectivity index (χ1n) is 15.2. The van der Waals surface area contributed by atoms with Crippen LogP contribution >= 0.6 is 0 Å². The van der Waals surface area contributed by atoms with Gasteiger partial charge in [0.25, 0.3) is 0 Å². The maximum atomic E-state index is 2.42. The number of hydrogen-bond donors (Lipinski definition) is 0. The number of para-hydroxylation sites is 3. The van der Waals surface area contributed by atoms with Crippen LogP contribution in [0.4, 0.5) is 0 Å². The van der Waals surface area contributed by atoms with Crippen molar-refractivity contribution in [2.24, 2.45) is 0 Å². The third-order valence-electron chi connectivity index (χ3n) is 9.24. The van der Waals surface area contributed by atoms with Crippen LogP contribution in [0.1, 0.15) is 17.5 Å². The number of benzene rings is 7. The largest absolute Gasteiger partial charge is 0.309 e. The van der Waals surface area contributed by atoms with Crippen molar-refractivity contribution in [1.29, 1.82) is 0 Å². The van der Waals surface area contributed by atoms with E-state index in [9.17, 15) is 0 Å². The average molecular weight is 548 g/mol. The molecule has 0 saturated heterocycles. The first-order valence-corrected chi connectivity index (χ1v) is 15.2. The highest BCUT2D eigenvalue weighted by Gasteiger charge is 2.18. The summed E-state index contributed by atoms with van der Waals surface area (Å²) in [6.07, 6.45) is 6.88. The van der Waals surface area contributed by atoms with Crippen molar-refractivity contribution in [1.82, 2.24) is 4.57 Å². The zero-order valence-electron chi connectivity index (χ0n) is 23.8. The summed E-state index contributed by atoms with van der Waals surface area (Å²) in [7, 11) is 0. The highest BCUT2D eigenvalue weighted by atomic mass is 15.0. The molecule has 0 amide bonds. The molecule has 43 heavy (non-hydrogen) atoms. The summed E-state index contributed by atoms with van der Waals surface area (Å²) >= 11 is 0. The second-order valence-corrected chi connectivity index (χ2v) is 11.6. The molecule has 0 fully saturated rings. The number of nitrogens with zero attached hydrogens (tertiary/aromatic N) is 1. The molecule has 1 heteroatoms. The van der Waals surface area contributed by atoms with Crippen molar-refractivity contribution in [3.63, 3.8) is 0 Å². The van der Waals surface area contributed by atoms with Gasteiger partial charge in [0.05, 0.1) is 11.0 Å². The van der Waals surface area contributed by atoms with E-state index in [0.717, 1.165) is 12.8 Å². The maximum Gasteiger partial charge on any atom is 0.0619 e. The minimum atomic E-state index is 1.10. The topological polar surface area (TPSA) is 4.93 Å². The van der Waals surface area contributed by atoms with Crippen molar-refractivity contribution in [2.45, 2.75) is 12.8 Å². The maximum absolute atomic E-state index is 2.42. The van der Waals surface area contributed by atoms with Crippen LogP contribution in [0.3, 0.4) is 0 Å². The minimum Gasteiger partial charge on any atom is -0.309 e. The van der Waals surface area contributed by atoms with Gasteiger partial charge in [-0.15, -0.1) is 0 Å². The molecule has 1 nitrogen and oxygen atoms in total. The van der Waals surface area contributed by atoms with E-state index in [1.807, 2.05) is 0 Å². The summed E-state index contributed by atoms with van der Waals surface area (Å²) in [6.45, 7) is 0. The van der Waals surface area contributed by atoms with Crippen molar-refractivity contribution in [2.75, 3.05) is 0 Å². The molecule has 0 atom stereocenters. The predicted octanol–water partition coefficient (Wildman–Crippen LogP) is 11.4. The molecule has 1 aliphatic carbocycles. The number of fused-ring (bicyclic) bond motifs is 9. The summed E-state index contributed by atoms with van der Waals surface area (Å²) < 4.78 is 2.42. The van der Waals surface area contributed by atoms with Crippen LogP contribution in [0.5, 0.6) is 0 Å². The number of rotatable bonds is 3. The van der Waals surface area contributed by atoms with Gasteiger partial charge in [0.2, 0.25) is 0 Å². The molecule has 1 aliphatic rings. The van der Waals surface area contributed by atoms with Gasteiger partial charge in [-0.1, -0.05) is 121 Å². The van der Waals surface area contributed by atoms with E-state index in [0.29, 0.717) is 0 Å². The van der Waals surface area contributed by atoms with Crippen LogP contribution in [0.2, 0.25) is 0 Å². The van der Waals surface area contributed by atoms with Crippen LogP contribution in [0.15, 0.2) is 146 Å². The van der Waals surface area contributed by atoms with Crippen LogP contribution < -0.4 is 0 Å². The third-order valence-corrected chi connectivity index (χ3v) is 9.24. The van der Waals surface area contributed by atoms with Crippen molar-refractivity contribution < 1.29 is 0 Å². The SMILES string of the molecule is C1=Cc2c(c3ccccc3c3ccc(-c4cccc(-c5cccc6c7ccccc7n(-c7ccccc7)c56)c4)cc23)CC1. The van der Waals surface area contributed by atoms with Gasteiger partial charge in [-0.2, -0.15) is 0 Å². The fraction of sp³-hybridized carbons (Fsp3) is 0.0476. The Morgan fingerprint density at radius 3 is 2.07 bits per heavy atom. The Balaban J connectivity index is 1.27. The van der Waals surface area contributed by atoms with Crippen LogP contribution in [-0.2, 0) is 6.42 Å². The molecule has 1 heterocycles. The van der Waals surface area contributed by atoms with Gasteiger partial charge >= 0.3 is 0 Å². The molecule has 0 aliphatic heterocycles. The molecule has 1 aromatic heterocycles. The first kappa shape index (κ1) is 24.2. The van der Waals surface area contributed by atoms with E-state index in [4.69, 9.17) is 0 Å². The quantitative estimate of drug-likeness (QED) is 0.194. The molecule has 0 bridgehead atoms. The Kier molecular flexibility index (Phi) is 5.39. The minimum absolute atomic E-state index is 1.10. The number of hydrogen-bond acceptors (Lipinski definition) is 0. The molecule has 7 aromatic carbocycles. The zero-order chi connectivity index (χ0) is 28.3. The van der Waals surface area contributed by atoms with E-state index in [2.05, 4.69) is 156 Å². The fourth-order valence-electron chi connectivity index (χ4n) is 7.32. The Labute approximate surface area is 251 Å². The summed E-state index contributed by atoms with van der Waals surface area (Å²) in [6, 6.07) is 51.2. The summed E-state index contributed by atoms with van der Waals surface area (Å²) in [5.41, 5.74) is 11.5.